The zero-order valence-corrected chi connectivity index (χ0v) is 8.81. The number of hydrogen-bond donors (Lipinski definition) is 0. The third-order valence-electron chi connectivity index (χ3n) is 1.03. The quantitative estimate of drug-likeness (QED) is 0.605. The van der Waals surface area contributed by atoms with Gasteiger partial charge in [-0.3, -0.25) is 0 Å². The van der Waals surface area contributed by atoms with Crippen molar-refractivity contribution in [2.24, 2.45) is 11.8 Å². The first-order chi connectivity index (χ1) is 4.54. The predicted molar refractivity (Wildman–Crippen MR) is 54.7 cm³/mol. The van der Waals surface area contributed by atoms with Gasteiger partial charge in [0.05, 0.1) is 4.20 Å². The second-order valence-electron chi connectivity index (χ2n) is 3.18. The molecule has 0 saturated heterocycles. The summed E-state index contributed by atoms with van der Waals surface area (Å²) in [7, 11) is 0. The molecule has 0 atom stereocenters. The molecular formula is C8H16S2. The lowest BCUT2D eigenvalue weighted by Crippen LogP contribution is -2.02. The van der Waals surface area contributed by atoms with Crippen LogP contribution in [0.4, 0.5) is 0 Å². The Labute approximate surface area is 73.8 Å². The Hall–Kier alpha value is 0.440. The predicted octanol–water partition coefficient (Wildman–Crippen LogP) is 3.36. The monoisotopic (exact) mass is 176 g/mol. The zero-order valence-electron chi connectivity index (χ0n) is 7.18. The standard InChI is InChI=1S/C8H16S2/c1-6(2)5-10-8(9)7(3)4/h6-7H,5H2,1-4H3. The number of thiocarbonyl (C=S) groups is 1. The van der Waals surface area contributed by atoms with Crippen LogP contribution in [0.1, 0.15) is 27.7 Å². The second-order valence-corrected chi connectivity index (χ2v) is 4.94. The van der Waals surface area contributed by atoms with E-state index in [-0.39, 0.29) is 0 Å². The van der Waals surface area contributed by atoms with Crippen molar-refractivity contribution in [3.63, 3.8) is 0 Å². The van der Waals surface area contributed by atoms with Crippen LogP contribution in [-0.4, -0.2) is 9.95 Å². The fraction of sp³-hybridized carbons (Fsp3) is 0.875. The molecule has 2 heteroatoms. The van der Waals surface area contributed by atoms with E-state index >= 15 is 0 Å². The van der Waals surface area contributed by atoms with Crippen LogP contribution in [0.25, 0.3) is 0 Å². The average molecular weight is 176 g/mol. The maximum atomic E-state index is 5.16. The molecule has 0 heterocycles. The third kappa shape index (κ3) is 5.24. The van der Waals surface area contributed by atoms with Crippen molar-refractivity contribution in [2.75, 3.05) is 5.75 Å². The Morgan fingerprint density at radius 3 is 2.10 bits per heavy atom. The van der Waals surface area contributed by atoms with Gasteiger partial charge in [-0.2, -0.15) is 0 Å². The maximum Gasteiger partial charge on any atom is 0.0504 e. The maximum absolute atomic E-state index is 5.16. The Morgan fingerprint density at radius 1 is 1.30 bits per heavy atom. The van der Waals surface area contributed by atoms with Gasteiger partial charge in [0.1, 0.15) is 0 Å². The van der Waals surface area contributed by atoms with E-state index in [9.17, 15) is 0 Å². The molecule has 0 nitrogen and oxygen atoms in total. The lowest BCUT2D eigenvalue weighted by Gasteiger charge is -2.07. The molecule has 10 heavy (non-hydrogen) atoms. The highest BCUT2D eigenvalue weighted by atomic mass is 32.2. The van der Waals surface area contributed by atoms with Crippen molar-refractivity contribution in [2.45, 2.75) is 27.7 Å². The van der Waals surface area contributed by atoms with Gasteiger partial charge in [0.2, 0.25) is 0 Å². The fourth-order valence-corrected chi connectivity index (χ4v) is 1.45. The molecule has 0 unspecified atom stereocenters. The summed E-state index contributed by atoms with van der Waals surface area (Å²) < 4.78 is 1.15. The second kappa shape index (κ2) is 5.14. The van der Waals surface area contributed by atoms with Crippen molar-refractivity contribution in [1.82, 2.24) is 0 Å². The van der Waals surface area contributed by atoms with Gasteiger partial charge in [-0.05, 0) is 11.8 Å². The van der Waals surface area contributed by atoms with Gasteiger partial charge in [-0.25, -0.2) is 0 Å². The molecule has 0 aliphatic rings. The van der Waals surface area contributed by atoms with Gasteiger partial charge in [0.15, 0.2) is 0 Å². The average Bonchev–Trinajstić information content (AvgIpc) is 1.82. The number of rotatable bonds is 3. The molecule has 0 aromatic carbocycles. The summed E-state index contributed by atoms with van der Waals surface area (Å²) in [6, 6.07) is 0. The first-order valence-electron chi connectivity index (χ1n) is 3.70. The van der Waals surface area contributed by atoms with Crippen molar-refractivity contribution in [3.8, 4) is 0 Å². The minimum atomic E-state index is 0.554. The van der Waals surface area contributed by atoms with Gasteiger partial charge in [-0.1, -0.05) is 39.9 Å². The van der Waals surface area contributed by atoms with Crippen molar-refractivity contribution < 1.29 is 0 Å². The van der Waals surface area contributed by atoms with Gasteiger partial charge >= 0.3 is 0 Å². The first kappa shape index (κ1) is 10.4. The van der Waals surface area contributed by atoms with Crippen LogP contribution in [0.3, 0.4) is 0 Å². The molecule has 0 amide bonds. The summed E-state index contributed by atoms with van der Waals surface area (Å²) >= 11 is 6.98. The van der Waals surface area contributed by atoms with Crippen LogP contribution in [-0.2, 0) is 0 Å². The summed E-state index contributed by atoms with van der Waals surface area (Å²) in [5, 5.41) is 0. The minimum absolute atomic E-state index is 0.554. The highest BCUT2D eigenvalue weighted by Gasteiger charge is 2.03. The molecule has 0 N–H and O–H groups in total. The molecule has 0 spiro atoms. The molecule has 0 aliphatic heterocycles. The van der Waals surface area contributed by atoms with E-state index in [0.717, 1.165) is 15.9 Å². The molecular weight excluding hydrogens is 160 g/mol. The van der Waals surface area contributed by atoms with Gasteiger partial charge in [0, 0.05) is 5.75 Å². The van der Waals surface area contributed by atoms with E-state index in [2.05, 4.69) is 27.7 Å². The van der Waals surface area contributed by atoms with E-state index in [0.29, 0.717) is 5.92 Å². The van der Waals surface area contributed by atoms with E-state index < -0.39 is 0 Å². The number of hydrogen-bond acceptors (Lipinski definition) is 2. The van der Waals surface area contributed by atoms with Crippen molar-refractivity contribution >= 4 is 28.2 Å². The summed E-state index contributed by atoms with van der Waals surface area (Å²) in [6.45, 7) is 8.73. The smallest absolute Gasteiger partial charge is 0.0504 e. The summed E-state index contributed by atoms with van der Waals surface area (Å²) in [5.74, 6) is 2.47. The highest BCUT2D eigenvalue weighted by molar-refractivity contribution is 8.23. The molecule has 0 rings (SSSR count). The topological polar surface area (TPSA) is 0 Å². The molecule has 0 aliphatic carbocycles. The van der Waals surface area contributed by atoms with Crippen LogP contribution >= 0.6 is 24.0 Å². The third-order valence-corrected chi connectivity index (χ3v) is 3.44. The van der Waals surface area contributed by atoms with Gasteiger partial charge in [-0.15, -0.1) is 11.8 Å². The fourth-order valence-electron chi connectivity index (χ4n) is 0.415. The van der Waals surface area contributed by atoms with E-state index in [1.54, 1.807) is 0 Å². The lowest BCUT2D eigenvalue weighted by atomic mass is 10.3. The van der Waals surface area contributed by atoms with Crippen LogP contribution in [0.2, 0.25) is 0 Å². The van der Waals surface area contributed by atoms with E-state index in [1.165, 1.54) is 0 Å². The minimum Gasteiger partial charge on any atom is -0.118 e. The zero-order chi connectivity index (χ0) is 8.15. The first-order valence-corrected chi connectivity index (χ1v) is 5.10. The Balaban J connectivity index is 3.40. The van der Waals surface area contributed by atoms with Crippen LogP contribution < -0.4 is 0 Å². The van der Waals surface area contributed by atoms with Crippen molar-refractivity contribution in [1.29, 1.82) is 0 Å². The largest absolute Gasteiger partial charge is 0.118 e. The molecule has 0 bridgehead atoms. The summed E-state index contributed by atoms with van der Waals surface area (Å²) in [4.78, 5) is 0. The van der Waals surface area contributed by atoms with Crippen LogP contribution in [0, 0.1) is 11.8 Å². The molecule has 0 fully saturated rings. The van der Waals surface area contributed by atoms with Gasteiger partial charge < -0.3 is 0 Å². The number of thioether (sulfide) groups is 1. The van der Waals surface area contributed by atoms with Crippen molar-refractivity contribution in [3.05, 3.63) is 0 Å². The van der Waals surface area contributed by atoms with Crippen LogP contribution in [0.15, 0.2) is 0 Å². The molecule has 0 aromatic rings. The lowest BCUT2D eigenvalue weighted by molar-refractivity contribution is 0.751. The van der Waals surface area contributed by atoms with Crippen LogP contribution in [0.5, 0.6) is 0 Å². The SMILES string of the molecule is CC(C)CSC(=S)C(C)C. The Bertz CT molecular complexity index is 106. The Morgan fingerprint density at radius 2 is 1.80 bits per heavy atom. The van der Waals surface area contributed by atoms with E-state index in [1.807, 2.05) is 11.8 Å². The Kier molecular flexibility index (Phi) is 5.36. The summed E-state index contributed by atoms with van der Waals surface area (Å²) in [6.07, 6.45) is 0. The molecule has 0 saturated carbocycles. The molecule has 0 radical (unpaired) electrons. The summed E-state index contributed by atoms with van der Waals surface area (Å²) in [5.41, 5.74) is 0. The normalized spacial score (nSPS) is 11.0. The van der Waals surface area contributed by atoms with Gasteiger partial charge in [0.25, 0.3) is 0 Å². The molecule has 0 aromatic heterocycles. The molecule has 60 valence electrons. The highest BCUT2D eigenvalue weighted by Crippen LogP contribution is 2.15. The van der Waals surface area contributed by atoms with E-state index in [4.69, 9.17) is 12.2 Å².